The zero-order valence-corrected chi connectivity index (χ0v) is 23.0. The Kier molecular flexibility index (Phi) is 8.64. The predicted octanol–water partition coefficient (Wildman–Crippen LogP) is 2.55. The summed E-state index contributed by atoms with van der Waals surface area (Å²) in [6.45, 7) is 2.58. The second-order valence-electron chi connectivity index (χ2n) is 10.6. The summed E-state index contributed by atoms with van der Waals surface area (Å²) in [5, 5.41) is 11.3. The number of amides is 3. The molecule has 1 atom stereocenters. The Bertz CT molecular complexity index is 1370. The molecule has 1 aromatic heterocycles. The number of carbonyl (C=O) groups excluding carboxylic acids is 3. The number of rotatable bonds is 5. The lowest BCUT2D eigenvalue weighted by Gasteiger charge is -2.36. The summed E-state index contributed by atoms with van der Waals surface area (Å²) in [7, 11) is 1.65. The van der Waals surface area contributed by atoms with Crippen LogP contribution in [-0.4, -0.2) is 78.9 Å². The Balaban J connectivity index is 1.55. The zero-order valence-electron chi connectivity index (χ0n) is 23.0. The van der Waals surface area contributed by atoms with E-state index in [4.69, 9.17) is 9.47 Å². The average Bonchev–Trinajstić information content (AvgIpc) is 3.62. The molecule has 2 aliphatic heterocycles. The molecule has 0 radical (unpaired) electrons. The molecule has 0 saturated carbocycles. The van der Waals surface area contributed by atoms with Crippen LogP contribution in [0.25, 0.3) is 10.9 Å². The Morgan fingerprint density at radius 2 is 1.90 bits per heavy atom. The number of methoxy groups -OCH3 is 1. The largest absolute Gasteiger partial charge is 0.484 e. The molecular weight excluding hydrogens is 510 g/mol. The van der Waals surface area contributed by atoms with Gasteiger partial charge in [0, 0.05) is 45.3 Å². The molecule has 2 aromatic carbocycles. The van der Waals surface area contributed by atoms with Gasteiger partial charge in [0.05, 0.1) is 17.5 Å². The first kappa shape index (κ1) is 27.6. The minimum atomic E-state index is -0.883. The predicted molar refractivity (Wildman–Crippen MR) is 150 cm³/mol. The molecule has 1 fully saturated rings. The van der Waals surface area contributed by atoms with Crippen molar-refractivity contribution in [1.29, 1.82) is 0 Å². The fraction of sp³-hybridized carbons (Fsp3) is 0.467. The van der Waals surface area contributed by atoms with E-state index in [0.29, 0.717) is 62.5 Å². The molecule has 212 valence electrons. The monoisotopic (exact) mass is 547 g/mol. The van der Waals surface area contributed by atoms with Crippen molar-refractivity contribution in [3.63, 3.8) is 0 Å². The molecule has 40 heavy (non-hydrogen) atoms. The van der Waals surface area contributed by atoms with Gasteiger partial charge in [-0.2, -0.15) is 5.10 Å². The van der Waals surface area contributed by atoms with Gasteiger partial charge in [0.25, 0.3) is 11.8 Å². The van der Waals surface area contributed by atoms with Crippen molar-refractivity contribution in [3.05, 3.63) is 59.8 Å². The third-order valence-corrected chi connectivity index (χ3v) is 7.76. The van der Waals surface area contributed by atoms with Crippen LogP contribution >= 0.6 is 0 Å². The molecule has 1 unspecified atom stereocenters. The first-order chi connectivity index (χ1) is 19.5. The Morgan fingerprint density at radius 3 is 2.73 bits per heavy atom. The number of nitrogens with zero attached hydrogens (tertiary/aromatic N) is 3. The van der Waals surface area contributed by atoms with Crippen LogP contribution in [0.2, 0.25) is 0 Å². The average molecular weight is 548 g/mol. The van der Waals surface area contributed by atoms with Crippen LogP contribution in [-0.2, 0) is 27.3 Å². The second-order valence-corrected chi connectivity index (χ2v) is 10.6. The van der Waals surface area contributed by atoms with E-state index in [2.05, 4.69) is 15.7 Å². The minimum absolute atomic E-state index is 0.0478. The minimum Gasteiger partial charge on any atom is -0.484 e. The van der Waals surface area contributed by atoms with Crippen molar-refractivity contribution >= 4 is 28.6 Å². The van der Waals surface area contributed by atoms with Crippen molar-refractivity contribution < 1.29 is 23.9 Å². The Morgan fingerprint density at radius 1 is 1.07 bits per heavy atom. The first-order valence-corrected chi connectivity index (χ1v) is 14.0. The molecule has 2 aliphatic rings. The highest BCUT2D eigenvalue weighted by Gasteiger charge is 2.42. The topological polar surface area (TPSA) is 115 Å². The third-order valence-electron chi connectivity index (χ3n) is 7.76. The van der Waals surface area contributed by atoms with Gasteiger partial charge in [-0.15, -0.1) is 0 Å². The number of carbonyl (C=O) groups is 3. The molecular formula is C30H37N5O5. The van der Waals surface area contributed by atoms with Crippen molar-refractivity contribution in [2.75, 3.05) is 46.5 Å². The van der Waals surface area contributed by atoms with Gasteiger partial charge < -0.3 is 25.0 Å². The van der Waals surface area contributed by atoms with Gasteiger partial charge in [0.15, 0.2) is 6.61 Å². The quantitative estimate of drug-likeness (QED) is 0.475. The lowest BCUT2D eigenvalue weighted by molar-refractivity contribution is -0.141. The highest BCUT2D eigenvalue weighted by molar-refractivity contribution is 6.05. The lowest BCUT2D eigenvalue weighted by atomic mass is 9.76. The van der Waals surface area contributed by atoms with E-state index in [1.807, 2.05) is 47.4 Å². The molecule has 5 rings (SSSR count). The molecule has 1 saturated heterocycles. The summed E-state index contributed by atoms with van der Waals surface area (Å²) < 4.78 is 12.8. The number of likely N-dealkylation sites (tertiary alicyclic amines) is 1. The van der Waals surface area contributed by atoms with Gasteiger partial charge in [-0.25, -0.2) is 0 Å². The number of ether oxygens (including phenoxy) is 2. The number of benzene rings is 2. The number of fused-ring (bicyclic) bond motifs is 5. The Hall–Kier alpha value is -3.92. The third kappa shape index (κ3) is 6.12. The van der Waals surface area contributed by atoms with Gasteiger partial charge in [-0.05, 0) is 55.9 Å². The maximum Gasteiger partial charge on any atom is 0.270 e. The molecule has 3 aromatic rings. The summed E-state index contributed by atoms with van der Waals surface area (Å²) in [4.78, 5) is 42.5. The van der Waals surface area contributed by atoms with E-state index in [9.17, 15) is 14.4 Å². The van der Waals surface area contributed by atoms with Crippen LogP contribution in [0.3, 0.4) is 0 Å². The first-order valence-electron chi connectivity index (χ1n) is 14.0. The fourth-order valence-corrected chi connectivity index (χ4v) is 5.76. The van der Waals surface area contributed by atoms with Crippen molar-refractivity contribution in [1.82, 2.24) is 25.3 Å². The molecule has 0 spiro atoms. The summed E-state index contributed by atoms with van der Waals surface area (Å²) in [6, 6.07) is 15.0. The molecule has 10 nitrogen and oxygen atoms in total. The van der Waals surface area contributed by atoms with Crippen LogP contribution in [0, 0.1) is 5.41 Å². The zero-order chi connectivity index (χ0) is 28.0. The molecule has 3 heterocycles. The number of hydrogen-bond acceptors (Lipinski definition) is 6. The molecule has 10 heteroatoms. The van der Waals surface area contributed by atoms with Gasteiger partial charge in [0.1, 0.15) is 11.4 Å². The van der Waals surface area contributed by atoms with E-state index in [0.717, 1.165) is 23.8 Å². The Labute approximate surface area is 234 Å². The van der Waals surface area contributed by atoms with Gasteiger partial charge >= 0.3 is 0 Å². The highest BCUT2D eigenvalue weighted by atomic mass is 16.5. The van der Waals surface area contributed by atoms with E-state index < -0.39 is 5.41 Å². The van der Waals surface area contributed by atoms with Crippen LogP contribution in [0.4, 0.5) is 0 Å². The molecule has 2 N–H and O–H groups in total. The SMILES string of the molecule is COCCCC1(C(=O)N2CCCC2)CNC(=O)c2c3ccccc3nn2CCNC(=O)COc2cccc(c2)C1. The normalized spacial score (nSPS) is 20.5. The maximum atomic E-state index is 14.2. The summed E-state index contributed by atoms with van der Waals surface area (Å²) in [6.07, 6.45) is 3.58. The lowest BCUT2D eigenvalue weighted by Crippen LogP contribution is -2.51. The van der Waals surface area contributed by atoms with Crippen molar-refractivity contribution in [2.45, 2.75) is 38.6 Å². The second kappa shape index (κ2) is 12.5. The van der Waals surface area contributed by atoms with E-state index in [-0.39, 0.29) is 37.4 Å². The number of hydrogen-bond donors (Lipinski definition) is 2. The molecule has 0 aliphatic carbocycles. The van der Waals surface area contributed by atoms with Crippen molar-refractivity contribution in [3.8, 4) is 5.75 Å². The van der Waals surface area contributed by atoms with E-state index in [1.165, 1.54) is 0 Å². The van der Waals surface area contributed by atoms with Gasteiger partial charge in [-0.1, -0.05) is 30.3 Å². The fourth-order valence-electron chi connectivity index (χ4n) is 5.76. The van der Waals surface area contributed by atoms with Crippen LogP contribution < -0.4 is 15.4 Å². The molecule has 3 amide bonds. The van der Waals surface area contributed by atoms with Crippen LogP contribution in [0.5, 0.6) is 5.75 Å². The van der Waals surface area contributed by atoms with Gasteiger partial charge in [-0.3, -0.25) is 19.1 Å². The summed E-state index contributed by atoms with van der Waals surface area (Å²) in [5.74, 6) is 0.0447. The van der Waals surface area contributed by atoms with Crippen LogP contribution in [0.15, 0.2) is 48.5 Å². The highest BCUT2D eigenvalue weighted by Crippen LogP contribution is 2.34. The van der Waals surface area contributed by atoms with Crippen LogP contribution in [0.1, 0.15) is 41.7 Å². The smallest absolute Gasteiger partial charge is 0.270 e. The molecule has 2 bridgehead atoms. The number of nitrogens with one attached hydrogen (secondary N) is 2. The standard InChI is InChI=1S/C30H37N5O5/c1-39-17-7-12-30(29(38)34-14-4-5-15-34)19-22-8-6-9-23(18-22)40-20-26(36)31-13-16-35-27(28(37)32-21-30)24-10-2-3-11-25(24)33-35/h2-3,6,8-11,18H,4-5,7,12-17,19-21H2,1H3,(H,31,36)(H,32,37). The van der Waals surface area contributed by atoms with Crippen molar-refractivity contribution in [2.24, 2.45) is 5.41 Å². The number of aromatic nitrogens is 2. The maximum absolute atomic E-state index is 14.2. The summed E-state index contributed by atoms with van der Waals surface area (Å²) in [5.41, 5.74) is 1.12. The van der Waals surface area contributed by atoms with E-state index >= 15 is 0 Å². The van der Waals surface area contributed by atoms with E-state index in [1.54, 1.807) is 17.9 Å². The summed E-state index contributed by atoms with van der Waals surface area (Å²) >= 11 is 0. The van der Waals surface area contributed by atoms with Gasteiger partial charge in [0.2, 0.25) is 5.91 Å².